The summed E-state index contributed by atoms with van der Waals surface area (Å²) in [4.78, 5) is 39.9. The summed E-state index contributed by atoms with van der Waals surface area (Å²) in [6.45, 7) is 8.43. The van der Waals surface area contributed by atoms with E-state index in [1.165, 1.54) is 6.07 Å². The van der Waals surface area contributed by atoms with E-state index in [1.54, 1.807) is 17.9 Å². The molecule has 1 aliphatic heterocycles. The van der Waals surface area contributed by atoms with Crippen LogP contribution in [-0.4, -0.2) is 40.8 Å². The second-order valence-corrected chi connectivity index (χ2v) is 11.0. The molecule has 0 fully saturated rings. The Hall–Kier alpha value is -3.22. The highest BCUT2D eigenvalue weighted by Crippen LogP contribution is 2.41. The average molecular weight is 510 g/mol. The number of nitrogens with zero attached hydrogens (tertiary/aromatic N) is 1. The molecule has 198 valence electrons. The molecule has 0 radical (unpaired) electrons. The summed E-state index contributed by atoms with van der Waals surface area (Å²) in [5, 5.41) is 9.21. The highest BCUT2D eigenvalue weighted by atomic mass is 19.1. The summed E-state index contributed by atoms with van der Waals surface area (Å²) in [5.74, 6) is -1.58. The largest absolute Gasteiger partial charge is 0.494 e. The van der Waals surface area contributed by atoms with E-state index in [9.17, 15) is 19.5 Å². The van der Waals surface area contributed by atoms with Gasteiger partial charge in [-0.25, -0.2) is 4.39 Å². The quantitative estimate of drug-likeness (QED) is 0.503. The number of amides is 1. The second kappa shape index (κ2) is 10.6. The van der Waals surface area contributed by atoms with Crippen molar-refractivity contribution in [1.29, 1.82) is 0 Å². The predicted octanol–water partition coefficient (Wildman–Crippen LogP) is 5.19. The lowest BCUT2D eigenvalue weighted by molar-refractivity contribution is -0.143. The Balaban J connectivity index is 1.63. The first-order valence-corrected chi connectivity index (χ1v) is 13.1. The van der Waals surface area contributed by atoms with Crippen molar-refractivity contribution in [2.45, 2.75) is 77.7 Å². The molecule has 0 bridgehead atoms. The molecule has 0 spiro atoms. The van der Waals surface area contributed by atoms with E-state index in [2.05, 4.69) is 0 Å². The number of hydrogen-bond acceptors (Lipinski definition) is 4. The number of halogens is 1. The van der Waals surface area contributed by atoms with Gasteiger partial charge in [0.25, 0.3) is 0 Å². The Morgan fingerprint density at radius 1 is 1.16 bits per heavy atom. The molecule has 4 rings (SSSR count). The number of carboxylic acid groups (broad SMARTS) is 1. The van der Waals surface area contributed by atoms with Crippen LogP contribution >= 0.6 is 0 Å². The van der Waals surface area contributed by atoms with Crippen LogP contribution in [0.5, 0.6) is 5.75 Å². The van der Waals surface area contributed by atoms with Crippen LogP contribution in [0.15, 0.2) is 30.3 Å². The third kappa shape index (κ3) is 5.55. The highest BCUT2D eigenvalue weighted by Gasteiger charge is 2.37. The van der Waals surface area contributed by atoms with Gasteiger partial charge in [0.05, 0.1) is 12.5 Å². The molecular formula is C30H36FNO5. The molecule has 0 saturated carbocycles. The lowest BCUT2D eigenvalue weighted by Gasteiger charge is -2.37. The van der Waals surface area contributed by atoms with Crippen molar-refractivity contribution in [3.63, 3.8) is 0 Å². The van der Waals surface area contributed by atoms with Gasteiger partial charge in [-0.05, 0) is 84.0 Å². The number of fused-ring (bicyclic) bond motifs is 2. The lowest BCUT2D eigenvalue weighted by Crippen LogP contribution is -2.44. The summed E-state index contributed by atoms with van der Waals surface area (Å²) in [5.41, 5.74) is 3.78. The van der Waals surface area contributed by atoms with Gasteiger partial charge in [0, 0.05) is 19.4 Å². The fourth-order valence-electron chi connectivity index (χ4n) is 5.74. The van der Waals surface area contributed by atoms with Crippen LogP contribution in [0.3, 0.4) is 0 Å². The number of carbonyl (C=O) groups is 3. The van der Waals surface area contributed by atoms with E-state index >= 15 is 4.39 Å². The number of benzene rings is 2. The van der Waals surface area contributed by atoms with Gasteiger partial charge in [-0.3, -0.25) is 14.4 Å². The smallest absolute Gasteiger partial charge is 0.306 e. The molecule has 1 heterocycles. The van der Waals surface area contributed by atoms with Gasteiger partial charge in [-0.15, -0.1) is 0 Å². The summed E-state index contributed by atoms with van der Waals surface area (Å²) < 4.78 is 20.7. The molecule has 1 aliphatic carbocycles. The molecule has 6 nitrogen and oxygen atoms in total. The van der Waals surface area contributed by atoms with E-state index < -0.39 is 17.9 Å². The zero-order valence-electron chi connectivity index (χ0n) is 22.1. The molecule has 0 aromatic heterocycles. The molecule has 2 atom stereocenters. The number of carboxylic acids is 1. The zero-order chi connectivity index (χ0) is 26.9. The predicted molar refractivity (Wildman–Crippen MR) is 138 cm³/mol. The van der Waals surface area contributed by atoms with Gasteiger partial charge in [-0.1, -0.05) is 32.9 Å². The van der Waals surface area contributed by atoms with Crippen LogP contribution in [0, 0.1) is 11.7 Å². The van der Waals surface area contributed by atoms with E-state index in [-0.39, 0.29) is 42.2 Å². The molecule has 2 aromatic carbocycles. The third-order valence-electron chi connectivity index (χ3n) is 7.80. The van der Waals surface area contributed by atoms with Crippen LogP contribution in [0.2, 0.25) is 0 Å². The third-order valence-corrected chi connectivity index (χ3v) is 7.80. The monoisotopic (exact) mass is 509 g/mol. The van der Waals surface area contributed by atoms with Crippen LogP contribution in [0.25, 0.3) is 0 Å². The Kier molecular flexibility index (Phi) is 7.72. The molecule has 2 aliphatic rings. The summed E-state index contributed by atoms with van der Waals surface area (Å²) in [6.07, 6.45) is 2.48. The van der Waals surface area contributed by atoms with Crippen molar-refractivity contribution in [3.8, 4) is 5.75 Å². The van der Waals surface area contributed by atoms with Gasteiger partial charge in [0.1, 0.15) is 17.6 Å². The first-order valence-electron chi connectivity index (χ1n) is 13.1. The number of ether oxygens (including phenoxy) is 1. The SMILES string of the molecule is CCOc1ccc2c(c1)CCN(C(=O)CC[C@H](C)C(=O)O)[C@H]2C(=O)Cc1cc(F)c2c(c1)CCC2(C)C. The first-order chi connectivity index (χ1) is 17.5. The summed E-state index contributed by atoms with van der Waals surface area (Å²) >= 11 is 0. The second-order valence-electron chi connectivity index (χ2n) is 11.0. The van der Waals surface area contributed by atoms with Gasteiger partial charge < -0.3 is 14.7 Å². The summed E-state index contributed by atoms with van der Waals surface area (Å²) in [6, 6.07) is 8.17. The van der Waals surface area contributed by atoms with E-state index in [4.69, 9.17) is 4.74 Å². The normalized spacial score (nSPS) is 18.6. The molecule has 37 heavy (non-hydrogen) atoms. The van der Waals surface area contributed by atoms with Crippen molar-refractivity contribution in [2.24, 2.45) is 5.92 Å². The van der Waals surface area contributed by atoms with Crippen LogP contribution in [0.4, 0.5) is 4.39 Å². The topological polar surface area (TPSA) is 83.9 Å². The van der Waals surface area contributed by atoms with Crippen molar-refractivity contribution < 1.29 is 28.6 Å². The maximum absolute atomic E-state index is 15.1. The van der Waals surface area contributed by atoms with Gasteiger partial charge >= 0.3 is 5.97 Å². The molecule has 0 saturated heterocycles. The molecule has 2 aromatic rings. The number of Topliss-reactive ketones (excluding diaryl/α,β-unsaturated/α-hetero) is 1. The van der Waals surface area contributed by atoms with E-state index in [0.29, 0.717) is 30.9 Å². The minimum atomic E-state index is -0.949. The minimum Gasteiger partial charge on any atom is -0.494 e. The van der Waals surface area contributed by atoms with Crippen molar-refractivity contribution >= 4 is 17.7 Å². The zero-order valence-corrected chi connectivity index (χ0v) is 22.1. The van der Waals surface area contributed by atoms with Crippen molar-refractivity contribution in [2.75, 3.05) is 13.2 Å². The van der Waals surface area contributed by atoms with Crippen molar-refractivity contribution in [3.05, 3.63) is 64.0 Å². The van der Waals surface area contributed by atoms with E-state index in [1.807, 2.05) is 39.0 Å². The van der Waals surface area contributed by atoms with Gasteiger partial charge in [-0.2, -0.15) is 0 Å². The number of carbonyl (C=O) groups excluding carboxylic acids is 2. The Bertz CT molecular complexity index is 1220. The number of aryl methyl sites for hydroxylation is 1. The molecule has 0 unspecified atom stereocenters. The van der Waals surface area contributed by atoms with Gasteiger partial charge in [0.15, 0.2) is 5.78 Å². The van der Waals surface area contributed by atoms with Crippen LogP contribution in [0.1, 0.15) is 80.8 Å². The Morgan fingerprint density at radius 2 is 1.92 bits per heavy atom. The Morgan fingerprint density at radius 3 is 2.62 bits per heavy atom. The fourth-order valence-corrected chi connectivity index (χ4v) is 5.74. The van der Waals surface area contributed by atoms with Gasteiger partial charge in [0.2, 0.25) is 5.91 Å². The lowest BCUT2D eigenvalue weighted by atomic mass is 9.84. The molecule has 7 heteroatoms. The van der Waals surface area contributed by atoms with E-state index in [0.717, 1.165) is 35.1 Å². The molecular weight excluding hydrogens is 473 g/mol. The summed E-state index contributed by atoms with van der Waals surface area (Å²) in [7, 11) is 0. The van der Waals surface area contributed by atoms with Crippen molar-refractivity contribution in [1.82, 2.24) is 4.90 Å². The highest BCUT2D eigenvalue weighted by molar-refractivity contribution is 5.92. The number of ketones is 1. The number of rotatable bonds is 9. The van der Waals surface area contributed by atoms with Crippen LogP contribution in [-0.2, 0) is 39.1 Å². The maximum atomic E-state index is 15.1. The first kappa shape index (κ1) is 26.8. The fraction of sp³-hybridized carbons (Fsp3) is 0.500. The molecule has 1 amide bonds. The standard InChI is InChI=1S/C30H36FNO5/c1-5-37-22-7-8-23-20(17-22)11-13-32(26(34)9-6-18(2)29(35)36)28(23)25(33)16-19-14-21-10-12-30(3,4)27(21)24(31)15-19/h7-8,14-15,17-18,28H,5-6,9-13,16H2,1-4H3,(H,35,36)/t18-,28+/m0/s1. The van der Waals surface area contributed by atoms with Crippen LogP contribution < -0.4 is 4.74 Å². The average Bonchev–Trinajstić information content (AvgIpc) is 3.16. The number of hydrogen-bond donors (Lipinski definition) is 1. The molecule has 1 N–H and O–H groups in total. The minimum absolute atomic E-state index is 0.0112. The Labute approximate surface area is 217 Å². The maximum Gasteiger partial charge on any atom is 0.306 e. The number of aliphatic carboxylic acids is 1.